The van der Waals surface area contributed by atoms with E-state index in [0.717, 1.165) is 14.3 Å². The van der Waals surface area contributed by atoms with Crippen molar-refractivity contribution in [3.05, 3.63) is 49.7 Å². The summed E-state index contributed by atoms with van der Waals surface area (Å²) in [5.41, 5.74) is -0.0940. The third-order valence-electron chi connectivity index (χ3n) is 5.80. The van der Waals surface area contributed by atoms with Crippen molar-refractivity contribution in [2.75, 3.05) is 20.3 Å². The molecule has 2 aromatic carbocycles. The number of ether oxygens (including phenoxy) is 4. The van der Waals surface area contributed by atoms with Crippen LogP contribution in [-0.4, -0.2) is 72.7 Å². The molecule has 0 amide bonds. The van der Waals surface area contributed by atoms with Crippen LogP contribution >= 0.6 is 90.4 Å². The van der Waals surface area contributed by atoms with E-state index in [1.807, 2.05) is 38.1 Å². The van der Waals surface area contributed by atoms with Crippen LogP contribution in [0.2, 0.25) is 0 Å². The molecule has 4 atom stereocenters. The molecule has 12 heteroatoms. The number of rotatable bonds is 6. The van der Waals surface area contributed by atoms with Gasteiger partial charge in [-0.25, -0.2) is 0 Å². The molecule has 2 saturated heterocycles. The molecule has 0 saturated carbocycles. The normalized spacial score (nSPS) is 27.7. The minimum Gasteiger partial charge on any atom is -0.506 e. The average molecular weight is 944 g/mol. The maximum atomic E-state index is 10.6. The number of hydrogen-bond acceptors (Lipinski definition) is 8. The number of halogens is 4. The van der Waals surface area contributed by atoms with Gasteiger partial charge in [0.2, 0.25) is 5.72 Å². The zero-order valence-corrected chi connectivity index (χ0v) is 28.2. The lowest BCUT2D eigenvalue weighted by molar-refractivity contribution is -0.211. The van der Waals surface area contributed by atoms with Gasteiger partial charge in [0.25, 0.3) is 0 Å². The molecule has 0 bridgehead atoms. The number of hydrogen-bond donors (Lipinski definition) is 2. The third-order valence-corrected chi connectivity index (χ3v) is 8.69. The Morgan fingerprint density at radius 2 is 1.56 bits per heavy atom. The molecule has 194 valence electrons. The van der Waals surface area contributed by atoms with E-state index in [4.69, 9.17) is 23.9 Å². The highest BCUT2D eigenvalue weighted by molar-refractivity contribution is 14.1. The van der Waals surface area contributed by atoms with E-state index >= 15 is 0 Å². The van der Waals surface area contributed by atoms with E-state index < -0.39 is 23.7 Å². The molecule has 4 rings (SSSR count). The molecular weight excluding hydrogens is 920 g/mol. The van der Waals surface area contributed by atoms with Crippen LogP contribution in [0.5, 0.6) is 11.5 Å². The first-order valence-corrected chi connectivity index (χ1v) is 15.2. The Morgan fingerprint density at radius 1 is 0.972 bits per heavy atom. The van der Waals surface area contributed by atoms with Gasteiger partial charge < -0.3 is 29.2 Å². The summed E-state index contributed by atoms with van der Waals surface area (Å²) >= 11 is 8.58. The fraction of sp³-hybridized carbons (Fsp3) is 0.417. The first kappa shape index (κ1) is 29.1. The predicted octanol–water partition coefficient (Wildman–Crippen LogP) is 5.32. The number of fused-ring (bicyclic) bond motifs is 1. The van der Waals surface area contributed by atoms with Crippen LogP contribution in [0.15, 0.2) is 34.3 Å². The average Bonchev–Trinajstić information content (AvgIpc) is 3.12. The summed E-state index contributed by atoms with van der Waals surface area (Å²) in [5, 5.41) is 21.1. The summed E-state index contributed by atoms with van der Waals surface area (Å²) < 4.78 is 27.9. The van der Waals surface area contributed by atoms with Crippen molar-refractivity contribution in [2.45, 2.75) is 43.7 Å². The summed E-state index contributed by atoms with van der Waals surface area (Å²) in [4.78, 5) is 9.45. The number of aromatic hydroxyl groups is 2. The summed E-state index contributed by atoms with van der Waals surface area (Å²) in [6.07, 6.45) is 1.82. The van der Waals surface area contributed by atoms with Gasteiger partial charge in [0, 0.05) is 37.8 Å². The Bertz CT molecular complexity index is 1210. The molecule has 2 fully saturated rings. The molecule has 2 N–H and O–H groups in total. The zero-order valence-electron chi connectivity index (χ0n) is 19.5. The first-order chi connectivity index (χ1) is 16.9. The molecule has 2 aliphatic heterocycles. The van der Waals surface area contributed by atoms with Crippen LogP contribution < -0.4 is 0 Å². The second-order valence-corrected chi connectivity index (χ2v) is 13.6. The summed E-state index contributed by atoms with van der Waals surface area (Å²) in [5.74, 6) is -0.482. The Kier molecular flexibility index (Phi) is 9.48. The predicted molar refractivity (Wildman–Crippen MR) is 170 cm³/mol. The van der Waals surface area contributed by atoms with Gasteiger partial charge in [0.15, 0.2) is 5.79 Å². The van der Waals surface area contributed by atoms with Crippen LogP contribution in [0.3, 0.4) is 0 Å². The van der Waals surface area contributed by atoms with E-state index in [1.54, 1.807) is 19.5 Å². The lowest BCUT2D eigenvalue weighted by Crippen LogP contribution is -2.61. The van der Waals surface area contributed by atoms with Gasteiger partial charge in [0.05, 0.1) is 20.3 Å². The number of phenols is 2. The second-order valence-electron chi connectivity index (χ2n) is 8.83. The van der Waals surface area contributed by atoms with Gasteiger partial charge in [-0.3, -0.25) is 9.98 Å². The maximum absolute atomic E-state index is 10.6. The SMILES string of the molecule is CO[C@H]1[C@@H]2OC(C)(C)O[C@@H]2CO[C@@]1(CN=Cc1cc(I)cc(I)c1O)/N=C/c1cc(I)cc(I)c1O. The number of benzene rings is 2. The van der Waals surface area contributed by atoms with Gasteiger partial charge in [-0.05, 0) is 128 Å². The van der Waals surface area contributed by atoms with E-state index in [-0.39, 0.29) is 30.8 Å². The van der Waals surface area contributed by atoms with E-state index in [9.17, 15) is 10.2 Å². The minimum atomic E-state index is -1.25. The monoisotopic (exact) mass is 944 g/mol. The highest BCUT2D eigenvalue weighted by atomic mass is 127. The molecule has 36 heavy (non-hydrogen) atoms. The van der Waals surface area contributed by atoms with E-state index in [2.05, 4.69) is 95.4 Å². The smallest absolute Gasteiger partial charge is 0.207 e. The van der Waals surface area contributed by atoms with Crippen LogP contribution in [-0.2, 0) is 18.9 Å². The van der Waals surface area contributed by atoms with Crippen molar-refractivity contribution in [3.63, 3.8) is 0 Å². The number of phenolic OH excluding ortho intramolecular Hbond substituents is 2. The van der Waals surface area contributed by atoms with Crippen molar-refractivity contribution in [1.29, 1.82) is 0 Å². The topological polar surface area (TPSA) is 102 Å². The molecular formula is C24H24I4N2O6. The quantitative estimate of drug-likeness (QED) is 0.301. The van der Waals surface area contributed by atoms with Crippen molar-refractivity contribution in [1.82, 2.24) is 0 Å². The van der Waals surface area contributed by atoms with Crippen molar-refractivity contribution in [3.8, 4) is 11.5 Å². The molecule has 2 heterocycles. The highest BCUT2D eigenvalue weighted by Crippen LogP contribution is 2.41. The van der Waals surface area contributed by atoms with Crippen molar-refractivity contribution < 1.29 is 29.2 Å². The number of methoxy groups -OCH3 is 1. The van der Waals surface area contributed by atoms with Gasteiger partial charge in [0.1, 0.15) is 29.8 Å². The maximum Gasteiger partial charge on any atom is 0.207 e. The molecule has 0 radical (unpaired) electrons. The first-order valence-electron chi connectivity index (χ1n) is 10.9. The largest absolute Gasteiger partial charge is 0.506 e. The molecule has 8 nitrogen and oxygen atoms in total. The molecule has 0 aliphatic carbocycles. The Hall–Kier alpha value is 0.140. The van der Waals surface area contributed by atoms with Crippen LogP contribution in [0, 0.1) is 14.3 Å². The van der Waals surface area contributed by atoms with Gasteiger partial charge in [-0.15, -0.1) is 0 Å². The molecule has 2 aliphatic rings. The van der Waals surface area contributed by atoms with Crippen molar-refractivity contribution in [2.24, 2.45) is 9.98 Å². The Balaban J connectivity index is 1.73. The molecule has 0 spiro atoms. The van der Waals surface area contributed by atoms with Crippen LogP contribution in [0.1, 0.15) is 25.0 Å². The summed E-state index contributed by atoms with van der Waals surface area (Å²) in [7, 11) is 1.58. The van der Waals surface area contributed by atoms with E-state index in [1.165, 1.54) is 0 Å². The van der Waals surface area contributed by atoms with Gasteiger partial charge >= 0.3 is 0 Å². The second kappa shape index (κ2) is 11.7. The summed E-state index contributed by atoms with van der Waals surface area (Å²) in [6.45, 7) is 4.05. The highest BCUT2D eigenvalue weighted by Gasteiger charge is 2.58. The van der Waals surface area contributed by atoms with E-state index in [0.29, 0.717) is 11.1 Å². The minimum absolute atomic E-state index is 0.0955. The lowest BCUT2D eigenvalue weighted by Gasteiger charge is -2.43. The van der Waals surface area contributed by atoms with Crippen molar-refractivity contribution >= 4 is 103 Å². The Morgan fingerprint density at radius 3 is 2.14 bits per heavy atom. The fourth-order valence-corrected chi connectivity index (χ4v) is 8.02. The third kappa shape index (κ3) is 6.30. The lowest BCUT2D eigenvalue weighted by atomic mass is 9.94. The fourth-order valence-electron chi connectivity index (χ4n) is 4.24. The van der Waals surface area contributed by atoms with Gasteiger partial charge in [-0.1, -0.05) is 0 Å². The standard InChI is InChI=1S/C24H24I4N2O6/c1-23(2)35-18-10-34-24(22(33-3)21(18)36-23,30-9-13-5-15(26)7-17(28)20(13)32)11-29-8-12-4-14(25)6-16(27)19(12)31/h4-9,18,21-22,31-32H,10-11H2,1-3H3/b29-8?,30-9+/t18-,21-,22+,24-/m1/s1. The van der Waals surface area contributed by atoms with Gasteiger partial charge in [-0.2, -0.15) is 0 Å². The van der Waals surface area contributed by atoms with Crippen LogP contribution in [0.4, 0.5) is 0 Å². The number of aliphatic imine (C=N–C) groups is 2. The Labute approximate surface area is 264 Å². The zero-order chi connectivity index (χ0) is 26.3. The molecule has 0 aromatic heterocycles. The number of nitrogens with zero attached hydrogens (tertiary/aromatic N) is 2. The summed E-state index contributed by atoms with van der Waals surface area (Å²) in [6, 6.07) is 7.47. The molecule has 0 unspecified atom stereocenters. The van der Waals surface area contributed by atoms with Crippen LogP contribution in [0.25, 0.3) is 0 Å². The molecule has 2 aromatic rings.